The number of hydrogen-bond donors (Lipinski definition) is 2. The van der Waals surface area contributed by atoms with Gasteiger partial charge in [0.25, 0.3) is 0 Å². The number of hydrogen-bond acceptors (Lipinski definition) is 6. The van der Waals surface area contributed by atoms with Gasteiger partial charge in [-0.3, -0.25) is 4.79 Å². The number of benzene rings is 1. The highest BCUT2D eigenvalue weighted by molar-refractivity contribution is 5.95. The standard InChI is InChI=1S/C17H26N4O3/c18-4-3-17(22)19-15-2-1-14(20-5-9-23-10-6-20)13-16(15)21-7-11-24-12-8-21/h1-2,13H,3-12,18H2,(H,19,22). The van der Waals surface area contributed by atoms with E-state index in [2.05, 4.69) is 27.2 Å². The van der Waals surface area contributed by atoms with Crippen LogP contribution in [0.4, 0.5) is 17.1 Å². The Hall–Kier alpha value is -1.83. The van der Waals surface area contributed by atoms with Crippen LogP contribution in [0, 0.1) is 0 Å². The molecule has 2 aliphatic heterocycles. The van der Waals surface area contributed by atoms with E-state index in [0.717, 1.165) is 56.5 Å². The van der Waals surface area contributed by atoms with E-state index >= 15 is 0 Å². The second-order valence-electron chi connectivity index (χ2n) is 5.99. The lowest BCUT2D eigenvalue weighted by Gasteiger charge is -2.33. The number of ether oxygens (including phenoxy) is 2. The van der Waals surface area contributed by atoms with Crippen LogP contribution in [0.15, 0.2) is 18.2 Å². The monoisotopic (exact) mass is 334 g/mol. The molecule has 2 heterocycles. The highest BCUT2D eigenvalue weighted by Gasteiger charge is 2.19. The molecule has 0 saturated carbocycles. The van der Waals surface area contributed by atoms with Gasteiger partial charge in [-0.2, -0.15) is 0 Å². The van der Waals surface area contributed by atoms with Gasteiger partial charge in [0, 0.05) is 44.8 Å². The van der Waals surface area contributed by atoms with Gasteiger partial charge in [-0.1, -0.05) is 0 Å². The molecule has 1 aromatic carbocycles. The number of morpholine rings is 2. The number of anilines is 3. The van der Waals surface area contributed by atoms with Gasteiger partial charge in [0.1, 0.15) is 0 Å². The highest BCUT2D eigenvalue weighted by Crippen LogP contribution is 2.32. The first-order valence-corrected chi connectivity index (χ1v) is 8.57. The maximum atomic E-state index is 12.0. The summed E-state index contributed by atoms with van der Waals surface area (Å²) in [7, 11) is 0. The van der Waals surface area contributed by atoms with Gasteiger partial charge in [0.05, 0.1) is 37.8 Å². The number of rotatable bonds is 5. The Bertz CT molecular complexity index is 555. The van der Waals surface area contributed by atoms with Crippen LogP contribution in [0.25, 0.3) is 0 Å². The van der Waals surface area contributed by atoms with Crippen LogP contribution in [-0.4, -0.2) is 65.1 Å². The fourth-order valence-corrected chi connectivity index (χ4v) is 3.05. The number of nitrogens with two attached hydrogens (primary N) is 1. The van der Waals surface area contributed by atoms with Crippen molar-refractivity contribution in [1.82, 2.24) is 0 Å². The van der Waals surface area contributed by atoms with Crippen LogP contribution in [0.1, 0.15) is 6.42 Å². The van der Waals surface area contributed by atoms with E-state index in [1.54, 1.807) is 0 Å². The zero-order chi connectivity index (χ0) is 16.8. The van der Waals surface area contributed by atoms with Crippen LogP contribution in [-0.2, 0) is 14.3 Å². The lowest BCUT2D eigenvalue weighted by molar-refractivity contribution is -0.116. The molecule has 7 nitrogen and oxygen atoms in total. The highest BCUT2D eigenvalue weighted by atomic mass is 16.5. The zero-order valence-electron chi connectivity index (χ0n) is 14.0. The molecule has 2 fully saturated rings. The normalized spacial score (nSPS) is 18.5. The van der Waals surface area contributed by atoms with Gasteiger partial charge in [0.2, 0.25) is 5.91 Å². The summed E-state index contributed by atoms with van der Waals surface area (Å²) in [4.78, 5) is 16.6. The summed E-state index contributed by atoms with van der Waals surface area (Å²) in [6.45, 7) is 6.70. The summed E-state index contributed by atoms with van der Waals surface area (Å²) in [6, 6.07) is 6.21. The molecule has 0 atom stereocenters. The third kappa shape index (κ3) is 4.17. The van der Waals surface area contributed by atoms with Gasteiger partial charge in [-0.15, -0.1) is 0 Å². The molecule has 1 amide bonds. The number of carbonyl (C=O) groups is 1. The van der Waals surface area contributed by atoms with E-state index in [0.29, 0.717) is 26.2 Å². The quantitative estimate of drug-likeness (QED) is 0.823. The Kier molecular flexibility index (Phi) is 5.90. The largest absolute Gasteiger partial charge is 0.378 e. The molecular formula is C17H26N4O3. The molecule has 0 aromatic heterocycles. The summed E-state index contributed by atoms with van der Waals surface area (Å²) < 4.78 is 10.9. The number of nitrogens with zero attached hydrogens (tertiary/aromatic N) is 2. The van der Waals surface area contributed by atoms with Gasteiger partial charge in [0.15, 0.2) is 0 Å². The molecule has 0 radical (unpaired) electrons. The molecule has 2 aliphatic rings. The third-order valence-corrected chi connectivity index (χ3v) is 4.35. The van der Waals surface area contributed by atoms with Crippen molar-refractivity contribution < 1.29 is 14.3 Å². The van der Waals surface area contributed by atoms with Crippen molar-refractivity contribution >= 4 is 23.0 Å². The molecule has 7 heteroatoms. The van der Waals surface area contributed by atoms with E-state index in [-0.39, 0.29) is 5.91 Å². The molecule has 0 unspecified atom stereocenters. The molecule has 2 saturated heterocycles. The maximum absolute atomic E-state index is 12.0. The first-order chi connectivity index (χ1) is 11.8. The van der Waals surface area contributed by atoms with Crippen molar-refractivity contribution in [2.75, 3.05) is 74.3 Å². The molecule has 132 valence electrons. The first-order valence-electron chi connectivity index (χ1n) is 8.57. The molecule has 3 rings (SSSR count). The Morgan fingerprint density at radius 1 is 1.04 bits per heavy atom. The van der Waals surface area contributed by atoms with Crippen molar-refractivity contribution in [3.63, 3.8) is 0 Å². The SMILES string of the molecule is NCCC(=O)Nc1ccc(N2CCOCC2)cc1N1CCOCC1. The molecule has 24 heavy (non-hydrogen) atoms. The predicted octanol–water partition coefficient (Wildman–Crippen LogP) is 0.647. The molecule has 3 N–H and O–H groups in total. The zero-order valence-corrected chi connectivity index (χ0v) is 14.0. The van der Waals surface area contributed by atoms with E-state index in [4.69, 9.17) is 15.2 Å². The number of amides is 1. The summed E-state index contributed by atoms with van der Waals surface area (Å²) in [5.74, 6) is -0.0499. The predicted molar refractivity (Wildman–Crippen MR) is 94.8 cm³/mol. The van der Waals surface area contributed by atoms with E-state index < -0.39 is 0 Å². The second kappa shape index (κ2) is 8.32. The van der Waals surface area contributed by atoms with Gasteiger partial charge >= 0.3 is 0 Å². The van der Waals surface area contributed by atoms with Crippen LogP contribution < -0.4 is 20.9 Å². The van der Waals surface area contributed by atoms with E-state index in [9.17, 15) is 4.79 Å². The number of nitrogens with one attached hydrogen (secondary N) is 1. The van der Waals surface area contributed by atoms with E-state index in [1.165, 1.54) is 0 Å². The third-order valence-electron chi connectivity index (χ3n) is 4.35. The average Bonchev–Trinajstić information content (AvgIpc) is 2.64. The Morgan fingerprint density at radius 2 is 1.67 bits per heavy atom. The summed E-state index contributed by atoms with van der Waals surface area (Å²) >= 11 is 0. The minimum Gasteiger partial charge on any atom is -0.378 e. The summed E-state index contributed by atoms with van der Waals surface area (Å²) in [5, 5.41) is 2.99. The van der Waals surface area contributed by atoms with Crippen molar-refractivity contribution in [3.05, 3.63) is 18.2 Å². The van der Waals surface area contributed by atoms with Gasteiger partial charge in [-0.05, 0) is 18.2 Å². The van der Waals surface area contributed by atoms with E-state index in [1.807, 2.05) is 6.07 Å². The Morgan fingerprint density at radius 3 is 2.29 bits per heavy atom. The second-order valence-corrected chi connectivity index (χ2v) is 5.99. The molecule has 0 spiro atoms. The van der Waals surface area contributed by atoms with Crippen molar-refractivity contribution in [3.8, 4) is 0 Å². The summed E-state index contributed by atoms with van der Waals surface area (Å²) in [6.07, 6.45) is 0.327. The molecular weight excluding hydrogens is 308 g/mol. The minimum absolute atomic E-state index is 0.0499. The molecule has 1 aromatic rings. The van der Waals surface area contributed by atoms with Crippen LogP contribution in [0.2, 0.25) is 0 Å². The number of carbonyl (C=O) groups excluding carboxylic acids is 1. The fraction of sp³-hybridized carbons (Fsp3) is 0.588. The lowest BCUT2D eigenvalue weighted by Crippen LogP contribution is -2.38. The molecule has 0 bridgehead atoms. The van der Waals surface area contributed by atoms with Crippen molar-refractivity contribution in [1.29, 1.82) is 0 Å². The Labute approximate surface area is 142 Å². The van der Waals surface area contributed by atoms with Crippen molar-refractivity contribution in [2.24, 2.45) is 5.73 Å². The molecule has 0 aliphatic carbocycles. The maximum Gasteiger partial charge on any atom is 0.225 e. The minimum atomic E-state index is -0.0499. The van der Waals surface area contributed by atoms with Gasteiger partial charge in [-0.25, -0.2) is 0 Å². The average molecular weight is 334 g/mol. The Balaban J connectivity index is 1.84. The smallest absolute Gasteiger partial charge is 0.225 e. The van der Waals surface area contributed by atoms with Crippen LogP contribution in [0.5, 0.6) is 0 Å². The van der Waals surface area contributed by atoms with Gasteiger partial charge < -0.3 is 30.3 Å². The fourth-order valence-electron chi connectivity index (χ4n) is 3.05. The summed E-state index contributed by atoms with van der Waals surface area (Å²) in [5.41, 5.74) is 8.53. The first kappa shape index (κ1) is 17.0. The van der Waals surface area contributed by atoms with Crippen LogP contribution >= 0.6 is 0 Å². The lowest BCUT2D eigenvalue weighted by atomic mass is 10.1. The van der Waals surface area contributed by atoms with Crippen molar-refractivity contribution in [2.45, 2.75) is 6.42 Å². The van der Waals surface area contributed by atoms with Crippen LogP contribution in [0.3, 0.4) is 0 Å². The topological polar surface area (TPSA) is 80.1 Å².